The van der Waals surface area contributed by atoms with E-state index in [-0.39, 0.29) is 0 Å². The molecule has 0 saturated carbocycles. The van der Waals surface area contributed by atoms with Gasteiger partial charge < -0.3 is 0 Å². The van der Waals surface area contributed by atoms with Gasteiger partial charge in [0.15, 0.2) is 17.5 Å². The molecule has 0 aliphatic carbocycles. The van der Waals surface area contributed by atoms with Crippen LogP contribution in [0.2, 0.25) is 0 Å². The molecule has 0 aliphatic rings. The second-order valence-electron chi connectivity index (χ2n) is 9.22. The van der Waals surface area contributed by atoms with Crippen LogP contribution in [0.5, 0.6) is 0 Å². The van der Waals surface area contributed by atoms with Crippen molar-refractivity contribution in [2.45, 2.75) is 0 Å². The van der Waals surface area contributed by atoms with Gasteiger partial charge in [-0.3, -0.25) is 9.97 Å². The Kier molecular flexibility index (Phi) is 4.89. The summed E-state index contributed by atoms with van der Waals surface area (Å²) in [5, 5.41) is 5.74. The van der Waals surface area contributed by atoms with Crippen LogP contribution in [0.25, 0.3) is 76.1 Å². The maximum Gasteiger partial charge on any atom is 0.183 e. The van der Waals surface area contributed by atoms with E-state index in [0.717, 1.165) is 38.5 Å². The molecule has 0 aliphatic heterocycles. The molecule has 0 spiro atoms. The number of aromatic nitrogens is 6. The highest BCUT2D eigenvalue weighted by Gasteiger charge is 2.20. The molecule has 182 valence electrons. The topological polar surface area (TPSA) is 77.3 Å². The number of thiophene rings is 1. The molecule has 0 unspecified atom stereocenters. The summed E-state index contributed by atoms with van der Waals surface area (Å²) < 4.78 is 2.42. The summed E-state index contributed by atoms with van der Waals surface area (Å²) in [5.41, 5.74) is 3.37. The van der Waals surface area contributed by atoms with Crippen molar-refractivity contribution >= 4 is 53.2 Å². The van der Waals surface area contributed by atoms with Crippen molar-refractivity contribution in [1.29, 1.82) is 0 Å². The molecule has 7 heteroatoms. The molecular weight excluding hydrogens is 500 g/mol. The van der Waals surface area contributed by atoms with Crippen LogP contribution in [-0.4, -0.2) is 29.9 Å². The van der Waals surface area contributed by atoms with Gasteiger partial charge in [0.05, 0.1) is 5.52 Å². The number of hydrogen-bond donors (Lipinski definition) is 0. The molecule has 0 atom stereocenters. The highest BCUT2D eigenvalue weighted by molar-refractivity contribution is 7.26. The van der Waals surface area contributed by atoms with Gasteiger partial charge in [-0.25, -0.2) is 19.9 Å². The van der Waals surface area contributed by atoms with Crippen molar-refractivity contribution in [3.05, 3.63) is 110 Å². The van der Waals surface area contributed by atoms with Crippen molar-refractivity contribution in [2.75, 3.05) is 0 Å². The second kappa shape index (κ2) is 8.72. The molecular formula is C32H18N6S. The summed E-state index contributed by atoms with van der Waals surface area (Å²) in [6.45, 7) is 0. The van der Waals surface area contributed by atoms with Gasteiger partial charge in [0, 0.05) is 66.9 Å². The molecule has 0 N–H and O–H groups in total. The lowest BCUT2D eigenvalue weighted by Crippen LogP contribution is -2.02. The van der Waals surface area contributed by atoms with Crippen molar-refractivity contribution in [1.82, 2.24) is 29.9 Å². The SMILES string of the molecule is c1ccc2c(c1)nc(-c1nc(-c3ccncc3)nc(-c3ccncc3)n1)c1c2ccc2c3ccccc3sc21. The van der Waals surface area contributed by atoms with E-state index in [1.165, 1.54) is 20.2 Å². The normalized spacial score (nSPS) is 11.6. The van der Waals surface area contributed by atoms with Gasteiger partial charge in [0.1, 0.15) is 5.69 Å². The van der Waals surface area contributed by atoms with Gasteiger partial charge in [-0.05, 0) is 41.8 Å². The van der Waals surface area contributed by atoms with E-state index in [4.69, 9.17) is 19.9 Å². The van der Waals surface area contributed by atoms with Crippen molar-refractivity contribution in [2.24, 2.45) is 0 Å². The number of rotatable bonds is 3. The molecule has 5 heterocycles. The number of hydrogen-bond acceptors (Lipinski definition) is 7. The Labute approximate surface area is 226 Å². The maximum atomic E-state index is 5.19. The first kappa shape index (κ1) is 21.9. The highest BCUT2D eigenvalue weighted by Crippen LogP contribution is 2.43. The lowest BCUT2D eigenvalue weighted by molar-refractivity contribution is 1.06. The lowest BCUT2D eigenvalue weighted by Gasteiger charge is -2.12. The van der Waals surface area contributed by atoms with E-state index in [0.29, 0.717) is 17.5 Å². The minimum absolute atomic E-state index is 0.532. The van der Waals surface area contributed by atoms with Gasteiger partial charge in [-0.2, -0.15) is 0 Å². The molecule has 0 radical (unpaired) electrons. The number of para-hydroxylation sites is 1. The Morgan fingerprint density at radius 1 is 0.462 bits per heavy atom. The highest BCUT2D eigenvalue weighted by atomic mass is 32.1. The van der Waals surface area contributed by atoms with E-state index < -0.39 is 0 Å². The fourth-order valence-corrected chi connectivity index (χ4v) is 6.38. The predicted molar refractivity (Wildman–Crippen MR) is 157 cm³/mol. The molecule has 5 aromatic heterocycles. The predicted octanol–water partition coefficient (Wildman–Crippen LogP) is 7.73. The van der Waals surface area contributed by atoms with E-state index in [2.05, 4.69) is 58.5 Å². The second-order valence-corrected chi connectivity index (χ2v) is 10.3. The first-order valence-corrected chi connectivity index (χ1v) is 13.3. The first-order valence-electron chi connectivity index (χ1n) is 12.5. The van der Waals surface area contributed by atoms with Gasteiger partial charge >= 0.3 is 0 Å². The van der Waals surface area contributed by atoms with Gasteiger partial charge in [0.25, 0.3) is 0 Å². The zero-order valence-electron chi connectivity index (χ0n) is 20.5. The van der Waals surface area contributed by atoms with E-state index in [1.54, 1.807) is 36.1 Å². The third-order valence-corrected chi connectivity index (χ3v) is 8.14. The third-order valence-electron chi connectivity index (χ3n) is 6.93. The van der Waals surface area contributed by atoms with Crippen LogP contribution in [-0.2, 0) is 0 Å². The van der Waals surface area contributed by atoms with Crippen LogP contribution in [0, 0.1) is 0 Å². The summed E-state index contributed by atoms with van der Waals surface area (Å²) in [7, 11) is 0. The number of fused-ring (bicyclic) bond motifs is 7. The van der Waals surface area contributed by atoms with Crippen molar-refractivity contribution in [3.8, 4) is 34.3 Å². The first-order chi connectivity index (χ1) is 19.3. The molecule has 0 saturated heterocycles. The Balaban J connectivity index is 1.52. The molecule has 0 bridgehead atoms. The summed E-state index contributed by atoms with van der Waals surface area (Å²) in [6, 6.07) is 28.8. The zero-order chi connectivity index (χ0) is 25.8. The zero-order valence-corrected chi connectivity index (χ0v) is 21.3. The Hall–Kier alpha value is -5.14. The maximum absolute atomic E-state index is 5.19. The fourth-order valence-electron chi connectivity index (χ4n) is 5.13. The fraction of sp³-hybridized carbons (Fsp3) is 0. The third kappa shape index (κ3) is 3.55. The van der Waals surface area contributed by atoms with Crippen LogP contribution in [0.15, 0.2) is 110 Å². The Morgan fingerprint density at radius 3 is 1.77 bits per heavy atom. The average molecular weight is 519 g/mol. The monoisotopic (exact) mass is 518 g/mol. The lowest BCUT2D eigenvalue weighted by atomic mass is 10.0. The summed E-state index contributed by atoms with van der Waals surface area (Å²) in [5.74, 6) is 1.67. The van der Waals surface area contributed by atoms with Crippen molar-refractivity contribution < 1.29 is 0 Å². The van der Waals surface area contributed by atoms with Gasteiger partial charge in [-0.15, -0.1) is 11.3 Å². The number of pyridine rings is 3. The minimum Gasteiger partial charge on any atom is -0.265 e. The van der Waals surface area contributed by atoms with Gasteiger partial charge in [-0.1, -0.05) is 48.5 Å². The van der Waals surface area contributed by atoms with Crippen LogP contribution in [0.1, 0.15) is 0 Å². The van der Waals surface area contributed by atoms with E-state index >= 15 is 0 Å². The molecule has 0 amide bonds. The van der Waals surface area contributed by atoms with Crippen LogP contribution >= 0.6 is 11.3 Å². The van der Waals surface area contributed by atoms with Crippen LogP contribution in [0.3, 0.4) is 0 Å². The average Bonchev–Trinajstić information content (AvgIpc) is 3.40. The van der Waals surface area contributed by atoms with Crippen LogP contribution < -0.4 is 0 Å². The van der Waals surface area contributed by atoms with E-state index in [9.17, 15) is 0 Å². The molecule has 39 heavy (non-hydrogen) atoms. The molecule has 8 aromatic rings. The summed E-state index contributed by atoms with van der Waals surface area (Å²) in [6.07, 6.45) is 6.98. The smallest absolute Gasteiger partial charge is 0.183 e. The molecule has 3 aromatic carbocycles. The van der Waals surface area contributed by atoms with Crippen LogP contribution in [0.4, 0.5) is 0 Å². The summed E-state index contributed by atoms with van der Waals surface area (Å²) >= 11 is 1.78. The van der Waals surface area contributed by atoms with Gasteiger partial charge in [0.2, 0.25) is 0 Å². The number of benzene rings is 3. The summed E-state index contributed by atoms with van der Waals surface area (Å²) in [4.78, 5) is 28.4. The minimum atomic E-state index is 0.532. The molecule has 0 fully saturated rings. The quantitative estimate of drug-likeness (QED) is 0.223. The largest absolute Gasteiger partial charge is 0.265 e. The Morgan fingerprint density at radius 2 is 1.05 bits per heavy atom. The number of nitrogens with zero attached hydrogens (tertiary/aromatic N) is 6. The Bertz CT molecular complexity index is 2120. The molecule has 6 nitrogen and oxygen atoms in total. The standard InChI is InChI=1S/C32H18N6S/c1-3-7-25-21(5-1)23-9-10-24-22-6-2-4-8-26(22)39-29(24)27(23)28(35-25)32-37-30(19-11-15-33-16-12-19)36-31(38-32)20-13-17-34-18-14-20/h1-18H. The van der Waals surface area contributed by atoms with E-state index in [1.807, 2.05) is 36.4 Å². The molecule has 8 rings (SSSR count). The van der Waals surface area contributed by atoms with Crippen molar-refractivity contribution in [3.63, 3.8) is 0 Å².